The average molecular weight is 335 g/mol. The van der Waals surface area contributed by atoms with E-state index >= 15 is 0 Å². The average Bonchev–Trinajstić information content (AvgIpc) is 2.95. The molecule has 4 heteroatoms. The van der Waals surface area contributed by atoms with Gasteiger partial charge in [-0.2, -0.15) is 0 Å². The zero-order valence-electron chi connectivity index (χ0n) is 15.1. The Balaban J connectivity index is 1.58. The highest BCUT2D eigenvalue weighted by atomic mass is 16.1. The van der Waals surface area contributed by atoms with Crippen LogP contribution in [0.4, 0.5) is 5.69 Å². The minimum absolute atomic E-state index is 0.0697. The first-order valence-corrected chi connectivity index (χ1v) is 8.83. The summed E-state index contributed by atoms with van der Waals surface area (Å²) in [5, 5.41) is 2.94. The van der Waals surface area contributed by atoms with E-state index in [-0.39, 0.29) is 5.91 Å². The molecule has 0 aliphatic heterocycles. The van der Waals surface area contributed by atoms with Crippen LogP contribution in [-0.4, -0.2) is 15.9 Å². The molecule has 0 spiro atoms. The quantitative estimate of drug-likeness (QED) is 0.689. The molecule has 0 fully saturated rings. The van der Waals surface area contributed by atoms with Crippen molar-refractivity contribution >= 4 is 22.6 Å². The van der Waals surface area contributed by atoms with Gasteiger partial charge in [0.05, 0.1) is 11.0 Å². The molecule has 1 amide bonds. The smallest absolute Gasteiger partial charge is 0.224 e. The Morgan fingerprint density at radius 1 is 1.12 bits per heavy atom. The van der Waals surface area contributed by atoms with Crippen molar-refractivity contribution in [3.8, 4) is 0 Å². The normalized spacial score (nSPS) is 11.2. The third-order valence-electron chi connectivity index (χ3n) is 4.17. The molecule has 4 nitrogen and oxygen atoms in total. The number of aromatic nitrogens is 2. The van der Waals surface area contributed by atoms with Crippen LogP contribution >= 0.6 is 0 Å². The lowest BCUT2D eigenvalue weighted by Gasteiger charge is -2.08. The molecule has 25 heavy (non-hydrogen) atoms. The fraction of sp³-hybridized carbons (Fsp3) is 0.333. The molecule has 1 aromatic heterocycles. The first-order valence-electron chi connectivity index (χ1n) is 8.83. The maximum atomic E-state index is 11.8. The Morgan fingerprint density at radius 3 is 2.60 bits per heavy atom. The second kappa shape index (κ2) is 7.51. The SMILES string of the molecule is Cc1ccc2nc(CCc3ccc(NC(=O)CC(C)C)cc3)[nH]c2c1. The lowest BCUT2D eigenvalue weighted by molar-refractivity contribution is -0.116. The maximum absolute atomic E-state index is 11.8. The Labute approximate surface area is 148 Å². The number of aryl methyl sites for hydroxylation is 3. The fourth-order valence-electron chi connectivity index (χ4n) is 2.89. The molecule has 0 aliphatic rings. The Hall–Kier alpha value is -2.62. The van der Waals surface area contributed by atoms with Crippen LogP contribution in [0.3, 0.4) is 0 Å². The number of anilines is 1. The number of hydrogen-bond donors (Lipinski definition) is 2. The van der Waals surface area contributed by atoms with Crippen LogP contribution < -0.4 is 5.32 Å². The zero-order valence-corrected chi connectivity index (χ0v) is 15.1. The number of fused-ring (bicyclic) bond motifs is 1. The molecule has 0 saturated carbocycles. The molecule has 1 heterocycles. The van der Waals surface area contributed by atoms with Crippen LogP contribution in [0.2, 0.25) is 0 Å². The second-order valence-corrected chi connectivity index (χ2v) is 7.05. The maximum Gasteiger partial charge on any atom is 0.224 e. The summed E-state index contributed by atoms with van der Waals surface area (Å²) in [6.45, 7) is 6.17. The zero-order chi connectivity index (χ0) is 17.8. The molecule has 0 aliphatic carbocycles. The molecular weight excluding hydrogens is 310 g/mol. The Morgan fingerprint density at radius 2 is 1.88 bits per heavy atom. The van der Waals surface area contributed by atoms with Gasteiger partial charge in [0, 0.05) is 18.5 Å². The molecule has 0 atom stereocenters. The van der Waals surface area contributed by atoms with Crippen LogP contribution in [0.25, 0.3) is 11.0 Å². The minimum atomic E-state index is 0.0697. The summed E-state index contributed by atoms with van der Waals surface area (Å²) in [5.41, 5.74) is 5.44. The number of nitrogens with zero attached hydrogens (tertiary/aromatic N) is 1. The van der Waals surface area contributed by atoms with Crippen molar-refractivity contribution in [2.75, 3.05) is 5.32 Å². The monoisotopic (exact) mass is 335 g/mol. The van der Waals surface area contributed by atoms with Crippen LogP contribution in [0.5, 0.6) is 0 Å². The summed E-state index contributed by atoms with van der Waals surface area (Å²) in [4.78, 5) is 19.8. The molecular formula is C21H25N3O. The number of amides is 1. The van der Waals surface area contributed by atoms with E-state index in [1.54, 1.807) is 0 Å². The number of nitrogens with one attached hydrogen (secondary N) is 2. The largest absolute Gasteiger partial charge is 0.342 e. The minimum Gasteiger partial charge on any atom is -0.342 e. The molecule has 2 aromatic carbocycles. The topological polar surface area (TPSA) is 57.8 Å². The van der Waals surface area contributed by atoms with Gasteiger partial charge in [-0.3, -0.25) is 4.79 Å². The third-order valence-corrected chi connectivity index (χ3v) is 4.17. The van der Waals surface area contributed by atoms with Gasteiger partial charge in [-0.15, -0.1) is 0 Å². The highest BCUT2D eigenvalue weighted by Gasteiger charge is 2.06. The molecule has 2 N–H and O–H groups in total. The van der Waals surface area contributed by atoms with E-state index in [1.165, 1.54) is 11.1 Å². The highest BCUT2D eigenvalue weighted by molar-refractivity contribution is 5.90. The van der Waals surface area contributed by atoms with E-state index in [0.29, 0.717) is 12.3 Å². The van der Waals surface area contributed by atoms with Gasteiger partial charge in [0.2, 0.25) is 5.91 Å². The van der Waals surface area contributed by atoms with Crippen LogP contribution in [0.1, 0.15) is 37.2 Å². The summed E-state index contributed by atoms with van der Waals surface area (Å²) in [7, 11) is 0. The van der Waals surface area contributed by atoms with Gasteiger partial charge in [0.15, 0.2) is 0 Å². The molecule has 0 unspecified atom stereocenters. The van der Waals surface area contributed by atoms with Crippen molar-refractivity contribution in [1.82, 2.24) is 9.97 Å². The summed E-state index contributed by atoms with van der Waals surface area (Å²) in [6.07, 6.45) is 2.33. The highest BCUT2D eigenvalue weighted by Crippen LogP contribution is 2.16. The lowest BCUT2D eigenvalue weighted by atomic mass is 10.1. The Bertz CT molecular complexity index is 862. The van der Waals surface area contributed by atoms with E-state index in [4.69, 9.17) is 0 Å². The molecule has 0 saturated heterocycles. The van der Waals surface area contributed by atoms with Crippen molar-refractivity contribution in [3.63, 3.8) is 0 Å². The third kappa shape index (κ3) is 4.69. The van der Waals surface area contributed by atoms with Gasteiger partial charge in [-0.05, 0) is 54.7 Å². The van der Waals surface area contributed by atoms with Gasteiger partial charge in [-0.25, -0.2) is 4.98 Å². The molecule has 0 radical (unpaired) electrons. The Kier molecular flexibility index (Phi) is 5.17. The van der Waals surface area contributed by atoms with Gasteiger partial charge >= 0.3 is 0 Å². The summed E-state index contributed by atoms with van der Waals surface area (Å²) in [6, 6.07) is 14.3. The van der Waals surface area contributed by atoms with Crippen molar-refractivity contribution in [3.05, 3.63) is 59.4 Å². The van der Waals surface area contributed by atoms with Crippen molar-refractivity contribution in [2.45, 2.75) is 40.0 Å². The summed E-state index contributed by atoms with van der Waals surface area (Å²) >= 11 is 0. The van der Waals surface area contributed by atoms with E-state index in [2.05, 4.69) is 52.5 Å². The number of carbonyl (C=O) groups excluding carboxylic acids is 1. The van der Waals surface area contributed by atoms with Crippen molar-refractivity contribution in [1.29, 1.82) is 0 Å². The summed E-state index contributed by atoms with van der Waals surface area (Å²) < 4.78 is 0. The van der Waals surface area contributed by atoms with E-state index in [0.717, 1.165) is 35.4 Å². The molecule has 3 aromatic rings. The van der Waals surface area contributed by atoms with Crippen LogP contribution in [0.15, 0.2) is 42.5 Å². The van der Waals surface area contributed by atoms with Gasteiger partial charge in [0.1, 0.15) is 5.82 Å². The van der Waals surface area contributed by atoms with Crippen LogP contribution in [0, 0.1) is 12.8 Å². The first kappa shape index (κ1) is 17.2. The number of benzene rings is 2. The number of carbonyl (C=O) groups is 1. The predicted molar refractivity (Wildman–Crippen MR) is 103 cm³/mol. The number of rotatable bonds is 6. The van der Waals surface area contributed by atoms with Crippen molar-refractivity contribution in [2.24, 2.45) is 5.92 Å². The van der Waals surface area contributed by atoms with Gasteiger partial charge in [0.25, 0.3) is 0 Å². The number of imidazole rings is 1. The van der Waals surface area contributed by atoms with Crippen molar-refractivity contribution < 1.29 is 4.79 Å². The second-order valence-electron chi connectivity index (χ2n) is 7.05. The number of hydrogen-bond acceptors (Lipinski definition) is 2. The number of aromatic amines is 1. The van der Waals surface area contributed by atoms with E-state index in [9.17, 15) is 4.79 Å². The standard InChI is InChI=1S/C21H25N3O/c1-14(2)12-21(25)22-17-8-5-16(6-9-17)7-11-20-23-18-10-4-15(3)13-19(18)24-20/h4-6,8-10,13-14H,7,11-12H2,1-3H3,(H,22,25)(H,23,24). The molecule has 3 rings (SSSR count). The first-order chi connectivity index (χ1) is 12.0. The number of H-pyrrole nitrogens is 1. The molecule has 130 valence electrons. The van der Waals surface area contributed by atoms with Gasteiger partial charge in [-0.1, -0.05) is 32.0 Å². The van der Waals surface area contributed by atoms with E-state index in [1.807, 2.05) is 26.0 Å². The van der Waals surface area contributed by atoms with E-state index < -0.39 is 0 Å². The predicted octanol–water partition coefficient (Wildman–Crippen LogP) is 4.64. The van der Waals surface area contributed by atoms with Gasteiger partial charge < -0.3 is 10.3 Å². The fourth-order valence-corrected chi connectivity index (χ4v) is 2.89. The lowest BCUT2D eigenvalue weighted by Crippen LogP contribution is -2.13. The van der Waals surface area contributed by atoms with Crippen LogP contribution in [-0.2, 0) is 17.6 Å². The summed E-state index contributed by atoms with van der Waals surface area (Å²) in [5.74, 6) is 1.45. The molecule has 0 bridgehead atoms.